The van der Waals surface area contributed by atoms with E-state index in [0.717, 1.165) is 5.56 Å². The average molecular weight is 321 g/mol. The highest BCUT2D eigenvalue weighted by molar-refractivity contribution is 5.34. The quantitative estimate of drug-likeness (QED) is 0.685. The number of ether oxygens (including phenoxy) is 1. The Morgan fingerprint density at radius 3 is 2.43 bits per heavy atom. The van der Waals surface area contributed by atoms with E-state index in [1.54, 1.807) is 18.9 Å². The van der Waals surface area contributed by atoms with E-state index in [0.29, 0.717) is 0 Å². The third-order valence-electron chi connectivity index (χ3n) is 3.42. The minimum atomic E-state index is -1.47. The van der Waals surface area contributed by atoms with Gasteiger partial charge in [-0.05, 0) is 26.6 Å². The number of benzene rings is 1. The minimum absolute atomic E-state index is 0.259. The molecule has 3 N–H and O–H groups in total. The zero-order chi connectivity index (χ0) is 17.2. The van der Waals surface area contributed by atoms with Crippen molar-refractivity contribution < 1.29 is 14.9 Å². The van der Waals surface area contributed by atoms with Crippen LogP contribution in [0.25, 0.3) is 0 Å². The van der Waals surface area contributed by atoms with Gasteiger partial charge in [0.25, 0.3) is 0 Å². The summed E-state index contributed by atoms with van der Waals surface area (Å²) in [4.78, 5) is 13.5. The Morgan fingerprint density at radius 2 is 1.96 bits per heavy atom. The summed E-state index contributed by atoms with van der Waals surface area (Å²) in [5, 5.41) is 23.1. The molecule has 2 unspecified atom stereocenters. The highest BCUT2D eigenvalue weighted by Crippen LogP contribution is 2.33. The van der Waals surface area contributed by atoms with Crippen LogP contribution in [0.15, 0.2) is 35.1 Å². The first kappa shape index (κ1) is 17.3. The van der Waals surface area contributed by atoms with Crippen molar-refractivity contribution in [1.29, 1.82) is 0 Å². The summed E-state index contributed by atoms with van der Waals surface area (Å²) in [7, 11) is 5.24. The van der Waals surface area contributed by atoms with Gasteiger partial charge in [-0.1, -0.05) is 30.3 Å². The topological polar surface area (TPSA) is 90.7 Å². The number of aryl methyl sites for hydroxylation is 1. The molecule has 1 aromatic carbocycles. The molecule has 2 rings (SSSR count). The molecule has 0 bridgehead atoms. The van der Waals surface area contributed by atoms with E-state index in [4.69, 9.17) is 4.74 Å². The maximum absolute atomic E-state index is 11.7. The first-order chi connectivity index (χ1) is 10.7. The lowest BCUT2D eigenvalue weighted by Gasteiger charge is -2.32. The number of nitrogens with one attached hydrogen (secondary N) is 1. The van der Waals surface area contributed by atoms with Gasteiger partial charge in [0, 0.05) is 7.05 Å². The van der Waals surface area contributed by atoms with Gasteiger partial charge in [0.15, 0.2) is 5.79 Å². The lowest BCUT2D eigenvalue weighted by atomic mass is 10.1. The second-order valence-electron chi connectivity index (χ2n) is 6.06. The van der Waals surface area contributed by atoms with Gasteiger partial charge in [0.2, 0.25) is 5.75 Å². The molecule has 23 heavy (non-hydrogen) atoms. The zero-order valence-electron chi connectivity index (χ0n) is 13.8. The van der Waals surface area contributed by atoms with E-state index < -0.39 is 23.2 Å². The van der Waals surface area contributed by atoms with Crippen LogP contribution in [0.1, 0.15) is 24.3 Å². The van der Waals surface area contributed by atoms with Gasteiger partial charge in [-0.15, -0.1) is 0 Å². The molecule has 0 amide bonds. The van der Waals surface area contributed by atoms with Gasteiger partial charge in [-0.3, -0.25) is 14.6 Å². The maximum atomic E-state index is 11.7. The van der Waals surface area contributed by atoms with Crippen LogP contribution in [-0.2, 0) is 11.8 Å². The highest BCUT2D eigenvalue weighted by atomic mass is 16.6. The molecular weight excluding hydrogens is 298 g/mol. The molecule has 0 saturated heterocycles. The summed E-state index contributed by atoms with van der Waals surface area (Å²) in [5.41, 5.74) is 0.385. The summed E-state index contributed by atoms with van der Waals surface area (Å²) in [6.45, 7) is 1.81. The fraction of sp³-hybridized carbons (Fsp3) is 0.438. The molecule has 1 heterocycles. The lowest BCUT2D eigenvalue weighted by Crippen LogP contribution is -2.41. The number of aromatic hydroxyl groups is 1. The molecule has 7 nitrogen and oxygen atoms in total. The molecule has 0 radical (unpaired) electrons. The van der Waals surface area contributed by atoms with Gasteiger partial charge < -0.3 is 19.8 Å². The molecule has 0 aliphatic rings. The minimum Gasteiger partial charge on any atom is -0.502 e. The summed E-state index contributed by atoms with van der Waals surface area (Å²) >= 11 is 0. The Morgan fingerprint density at radius 1 is 1.35 bits per heavy atom. The number of aromatic amines is 1. The molecule has 0 fully saturated rings. The summed E-state index contributed by atoms with van der Waals surface area (Å²) in [5.74, 6) is -1.88. The number of aromatic nitrogens is 2. The summed E-state index contributed by atoms with van der Waals surface area (Å²) < 4.78 is 7.27. The smallest absolute Gasteiger partial charge is 0.306 e. The van der Waals surface area contributed by atoms with Crippen LogP contribution in [0, 0.1) is 0 Å². The largest absolute Gasteiger partial charge is 0.502 e. The van der Waals surface area contributed by atoms with Crippen LogP contribution in [0.5, 0.6) is 5.75 Å². The number of nitrogens with zero attached hydrogens (tertiary/aromatic N) is 2. The molecule has 0 aliphatic heterocycles. The van der Waals surface area contributed by atoms with Crippen molar-refractivity contribution in [3.63, 3.8) is 0 Å². The molecule has 1 aromatic heterocycles. The number of hydrogen-bond acceptors (Lipinski definition) is 5. The van der Waals surface area contributed by atoms with Crippen LogP contribution in [0.2, 0.25) is 0 Å². The first-order valence-electron chi connectivity index (χ1n) is 7.29. The monoisotopic (exact) mass is 321 g/mol. The van der Waals surface area contributed by atoms with Crippen molar-refractivity contribution in [3.05, 3.63) is 51.9 Å². The van der Waals surface area contributed by atoms with Crippen molar-refractivity contribution in [2.24, 2.45) is 7.05 Å². The van der Waals surface area contributed by atoms with Crippen molar-refractivity contribution >= 4 is 0 Å². The van der Waals surface area contributed by atoms with Crippen molar-refractivity contribution in [2.45, 2.75) is 18.8 Å². The van der Waals surface area contributed by atoms with E-state index in [2.05, 4.69) is 5.10 Å². The van der Waals surface area contributed by atoms with Crippen LogP contribution in [-0.4, -0.2) is 51.3 Å². The molecule has 2 atom stereocenters. The fourth-order valence-corrected chi connectivity index (χ4v) is 2.63. The Labute approximate surface area is 134 Å². The Hall–Kier alpha value is -2.09. The van der Waals surface area contributed by atoms with Gasteiger partial charge in [0.05, 0.1) is 6.54 Å². The SMILES string of the molecule is CN(C)CC(C)(O)OC(c1ccccc1)c1c(O)c(=O)[nH]n1C. The normalized spacial score (nSPS) is 15.6. The second-order valence-corrected chi connectivity index (χ2v) is 6.06. The number of rotatable bonds is 6. The Balaban J connectivity index is 2.47. The van der Waals surface area contributed by atoms with Crippen molar-refractivity contribution in [2.75, 3.05) is 20.6 Å². The molecular formula is C16H23N3O4. The summed E-state index contributed by atoms with van der Waals surface area (Å²) in [6, 6.07) is 9.14. The van der Waals surface area contributed by atoms with Gasteiger partial charge >= 0.3 is 5.56 Å². The van der Waals surface area contributed by atoms with Crippen LogP contribution < -0.4 is 5.56 Å². The van der Waals surface area contributed by atoms with Crippen LogP contribution >= 0.6 is 0 Å². The third kappa shape index (κ3) is 4.01. The number of hydrogen-bond donors (Lipinski definition) is 3. The predicted octanol–water partition coefficient (Wildman–Crippen LogP) is 0.795. The highest BCUT2D eigenvalue weighted by Gasteiger charge is 2.32. The van der Waals surface area contributed by atoms with E-state index in [9.17, 15) is 15.0 Å². The molecule has 2 aromatic rings. The van der Waals surface area contributed by atoms with E-state index in [1.165, 1.54) is 4.68 Å². The van der Waals surface area contributed by atoms with Crippen LogP contribution in [0.3, 0.4) is 0 Å². The van der Waals surface area contributed by atoms with Gasteiger partial charge in [-0.25, -0.2) is 0 Å². The number of H-pyrrole nitrogens is 1. The third-order valence-corrected chi connectivity index (χ3v) is 3.42. The molecule has 7 heteroatoms. The molecule has 0 aliphatic carbocycles. The summed E-state index contributed by atoms with van der Waals surface area (Å²) in [6.07, 6.45) is -0.796. The fourth-order valence-electron chi connectivity index (χ4n) is 2.63. The predicted molar refractivity (Wildman–Crippen MR) is 86.2 cm³/mol. The zero-order valence-corrected chi connectivity index (χ0v) is 13.8. The van der Waals surface area contributed by atoms with Gasteiger partial charge in [0.1, 0.15) is 11.8 Å². The first-order valence-corrected chi connectivity index (χ1v) is 7.29. The molecule has 0 spiro atoms. The number of likely N-dealkylation sites (N-methyl/N-ethyl adjacent to an activating group) is 1. The lowest BCUT2D eigenvalue weighted by molar-refractivity contribution is -0.218. The maximum Gasteiger partial charge on any atom is 0.306 e. The Kier molecular flexibility index (Phi) is 4.93. The van der Waals surface area contributed by atoms with Crippen LogP contribution in [0.4, 0.5) is 0 Å². The van der Waals surface area contributed by atoms with E-state index in [1.807, 2.05) is 44.4 Å². The van der Waals surface area contributed by atoms with E-state index in [-0.39, 0.29) is 12.2 Å². The number of aliphatic hydroxyl groups is 1. The Bertz CT molecular complexity index is 704. The second kappa shape index (κ2) is 6.57. The molecule has 126 valence electrons. The van der Waals surface area contributed by atoms with Crippen molar-refractivity contribution in [1.82, 2.24) is 14.7 Å². The van der Waals surface area contributed by atoms with E-state index >= 15 is 0 Å². The van der Waals surface area contributed by atoms with Gasteiger partial charge in [-0.2, -0.15) is 0 Å². The van der Waals surface area contributed by atoms with Crippen molar-refractivity contribution in [3.8, 4) is 5.75 Å². The average Bonchev–Trinajstić information content (AvgIpc) is 2.69. The standard InChI is InChI=1S/C16H23N3O4/c1-16(22,10-18(2)3)23-14(11-8-6-5-7-9-11)12-13(20)15(21)17-19(12)4/h5-9,14,20,22H,10H2,1-4H3,(H,17,21). The molecule has 0 saturated carbocycles.